The van der Waals surface area contributed by atoms with Crippen molar-refractivity contribution in [3.63, 3.8) is 0 Å². The molecule has 0 aliphatic carbocycles. The highest BCUT2D eigenvalue weighted by Crippen LogP contribution is 2.23. The average molecular weight is 274 g/mol. The van der Waals surface area contributed by atoms with Crippen molar-refractivity contribution in [1.29, 1.82) is 0 Å². The van der Waals surface area contributed by atoms with Gasteiger partial charge in [-0.2, -0.15) is 0 Å². The molecule has 0 aromatic carbocycles. The molecule has 2 heterocycles. The largest absolute Gasteiger partial charge is 0.444 e. The Morgan fingerprint density at radius 1 is 1.32 bits per heavy atom. The van der Waals surface area contributed by atoms with Crippen molar-refractivity contribution in [1.82, 2.24) is 9.78 Å². The molecule has 108 valence electrons. The first-order valence-electron chi connectivity index (χ1n) is 5.92. The molecule has 4 N–H and O–H groups in total. The lowest BCUT2D eigenvalue weighted by Gasteiger charge is -2.39. The molecule has 1 aliphatic heterocycles. The van der Waals surface area contributed by atoms with Gasteiger partial charge in [-0.15, -0.1) is 5.10 Å². The van der Waals surface area contributed by atoms with Crippen LogP contribution in [0.4, 0.5) is 0 Å². The Morgan fingerprint density at radius 3 is 2.53 bits per heavy atom. The van der Waals surface area contributed by atoms with Crippen LogP contribution in [0, 0.1) is 6.92 Å². The zero-order chi connectivity index (χ0) is 14.2. The second-order valence-corrected chi connectivity index (χ2v) is 4.56. The lowest BCUT2D eigenvalue weighted by molar-refractivity contribution is -0.278. The van der Waals surface area contributed by atoms with E-state index in [0.29, 0.717) is 0 Å². The summed E-state index contributed by atoms with van der Waals surface area (Å²) in [6.07, 6.45) is -6.48. The Balaban J connectivity index is 2.10. The zero-order valence-corrected chi connectivity index (χ0v) is 10.7. The maximum absolute atomic E-state index is 9.78. The first-order chi connectivity index (χ1) is 8.93. The molecule has 0 spiro atoms. The van der Waals surface area contributed by atoms with Crippen LogP contribution in [0.5, 0.6) is 5.88 Å². The minimum Gasteiger partial charge on any atom is -0.444 e. The molecule has 1 aliphatic rings. The van der Waals surface area contributed by atoms with Crippen molar-refractivity contribution in [2.75, 3.05) is 6.61 Å². The molecule has 5 atom stereocenters. The number of ether oxygens (including phenoxy) is 2. The lowest BCUT2D eigenvalue weighted by atomic mass is 9.99. The Hall–Kier alpha value is -1.19. The number of rotatable bonds is 3. The predicted molar refractivity (Wildman–Crippen MR) is 62.3 cm³/mol. The molecule has 1 aromatic rings. The van der Waals surface area contributed by atoms with Crippen molar-refractivity contribution in [2.45, 2.75) is 37.6 Å². The van der Waals surface area contributed by atoms with E-state index in [4.69, 9.17) is 14.6 Å². The van der Waals surface area contributed by atoms with Crippen molar-refractivity contribution in [2.24, 2.45) is 7.05 Å². The van der Waals surface area contributed by atoms with E-state index in [-0.39, 0.29) is 5.88 Å². The fourth-order valence-corrected chi connectivity index (χ4v) is 1.87. The third kappa shape index (κ3) is 2.72. The van der Waals surface area contributed by atoms with Crippen molar-refractivity contribution in [3.05, 3.63) is 11.8 Å². The monoisotopic (exact) mass is 274 g/mol. The third-order valence-electron chi connectivity index (χ3n) is 3.18. The number of hydrogen-bond acceptors (Lipinski definition) is 7. The van der Waals surface area contributed by atoms with E-state index < -0.39 is 37.3 Å². The van der Waals surface area contributed by atoms with Gasteiger partial charge < -0.3 is 29.9 Å². The minimum atomic E-state index is -1.46. The number of hydrogen-bond donors (Lipinski definition) is 4. The van der Waals surface area contributed by atoms with E-state index in [2.05, 4.69) is 5.10 Å². The van der Waals surface area contributed by atoms with Gasteiger partial charge in [0.25, 0.3) is 0 Å². The molecule has 0 bridgehead atoms. The molecular formula is C11H18N2O6. The van der Waals surface area contributed by atoms with Crippen LogP contribution in [-0.2, 0) is 11.8 Å². The van der Waals surface area contributed by atoms with Crippen LogP contribution in [0.1, 0.15) is 5.69 Å². The zero-order valence-electron chi connectivity index (χ0n) is 10.7. The summed E-state index contributed by atoms with van der Waals surface area (Å²) in [5, 5.41) is 42.1. The highest BCUT2D eigenvalue weighted by Gasteiger charge is 2.44. The van der Waals surface area contributed by atoms with Crippen LogP contribution in [0.2, 0.25) is 0 Å². The highest BCUT2D eigenvalue weighted by molar-refractivity contribution is 5.14. The first-order valence-corrected chi connectivity index (χ1v) is 5.92. The average Bonchev–Trinajstić information content (AvgIpc) is 2.69. The molecule has 0 unspecified atom stereocenters. The molecule has 8 heteroatoms. The molecule has 1 fully saturated rings. The smallest absolute Gasteiger partial charge is 0.235 e. The van der Waals surface area contributed by atoms with Crippen LogP contribution < -0.4 is 4.74 Å². The molecule has 2 rings (SSSR count). The number of nitrogens with zero attached hydrogens (tertiary/aromatic N) is 2. The second kappa shape index (κ2) is 5.43. The Labute approximate surface area is 109 Å². The van der Waals surface area contributed by atoms with Gasteiger partial charge in [0.1, 0.15) is 24.4 Å². The minimum absolute atomic E-state index is 0.226. The predicted octanol–water partition coefficient (Wildman–Crippen LogP) is -2.09. The van der Waals surface area contributed by atoms with Gasteiger partial charge in [-0.25, -0.2) is 0 Å². The summed E-state index contributed by atoms with van der Waals surface area (Å²) >= 11 is 0. The summed E-state index contributed by atoms with van der Waals surface area (Å²) in [7, 11) is 1.73. The Bertz CT molecular complexity index is 415. The van der Waals surface area contributed by atoms with Crippen LogP contribution in [-0.4, -0.2) is 67.5 Å². The van der Waals surface area contributed by atoms with E-state index in [1.807, 2.05) is 6.92 Å². The first kappa shape index (κ1) is 14.2. The van der Waals surface area contributed by atoms with Crippen molar-refractivity contribution >= 4 is 0 Å². The van der Waals surface area contributed by atoms with E-state index in [1.54, 1.807) is 17.8 Å². The molecule has 1 aromatic heterocycles. The van der Waals surface area contributed by atoms with E-state index in [1.165, 1.54) is 0 Å². The molecule has 0 amide bonds. The summed E-state index contributed by atoms with van der Waals surface area (Å²) in [6, 6.07) is 1.64. The summed E-state index contributed by atoms with van der Waals surface area (Å²) in [5.41, 5.74) is 0.847. The van der Waals surface area contributed by atoms with Gasteiger partial charge in [-0.05, 0) is 6.92 Å². The van der Waals surface area contributed by atoms with E-state index >= 15 is 0 Å². The van der Waals surface area contributed by atoms with E-state index in [9.17, 15) is 15.3 Å². The van der Waals surface area contributed by atoms with E-state index in [0.717, 1.165) is 5.69 Å². The number of aliphatic hydroxyl groups is 4. The SMILES string of the molecule is Cc1cc(O[C@@H]2O[C@H](CO)[C@@H](O)[C@H](O)[C@H]2O)nn1C. The summed E-state index contributed by atoms with van der Waals surface area (Å²) in [4.78, 5) is 0. The fraction of sp³-hybridized carbons (Fsp3) is 0.727. The van der Waals surface area contributed by atoms with Crippen LogP contribution >= 0.6 is 0 Å². The Kier molecular flexibility index (Phi) is 4.07. The normalized spacial score (nSPS) is 35.4. The quantitative estimate of drug-likeness (QED) is 0.499. The van der Waals surface area contributed by atoms with Gasteiger partial charge >= 0.3 is 0 Å². The molecular weight excluding hydrogens is 256 g/mol. The molecule has 1 saturated heterocycles. The molecule has 0 radical (unpaired) electrons. The lowest BCUT2D eigenvalue weighted by Crippen LogP contribution is -2.60. The van der Waals surface area contributed by atoms with Gasteiger partial charge in [-0.3, -0.25) is 4.68 Å². The molecule has 8 nitrogen and oxygen atoms in total. The number of aromatic nitrogens is 2. The maximum Gasteiger partial charge on any atom is 0.235 e. The van der Waals surface area contributed by atoms with Gasteiger partial charge in [-0.1, -0.05) is 0 Å². The molecule has 19 heavy (non-hydrogen) atoms. The van der Waals surface area contributed by atoms with Crippen LogP contribution in [0.3, 0.4) is 0 Å². The highest BCUT2D eigenvalue weighted by atomic mass is 16.7. The summed E-state index contributed by atoms with van der Waals surface area (Å²) in [6.45, 7) is 1.33. The third-order valence-corrected chi connectivity index (χ3v) is 3.18. The maximum atomic E-state index is 9.78. The molecule has 0 saturated carbocycles. The van der Waals surface area contributed by atoms with Gasteiger partial charge in [0.05, 0.1) is 6.61 Å². The Morgan fingerprint density at radius 2 is 2.00 bits per heavy atom. The van der Waals surface area contributed by atoms with Crippen molar-refractivity contribution in [3.8, 4) is 5.88 Å². The summed E-state index contributed by atoms with van der Waals surface area (Å²) < 4.78 is 12.1. The summed E-state index contributed by atoms with van der Waals surface area (Å²) in [5.74, 6) is 0.226. The van der Waals surface area contributed by atoms with Crippen LogP contribution in [0.15, 0.2) is 6.07 Å². The van der Waals surface area contributed by atoms with Gasteiger partial charge in [0, 0.05) is 18.8 Å². The standard InChI is InChI=1S/C11H18N2O6/c1-5-3-7(12-13(5)2)19-11-10(17)9(16)8(15)6(4-14)18-11/h3,6,8-11,14-17H,4H2,1-2H3/t6-,8-,9+,10-,11+/m1/s1. The number of aliphatic hydroxyl groups excluding tert-OH is 4. The van der Waals surface area contributed by atoms with Gasteiger partial charge in [0.2, 0.25) is 12.2 Å². The number of aryl methyl sites for hydroxylation is 2. The second-order valence-electron chi connectivity index (χ2n) is 4.56. The topological polar surface area (TPSA) is 117 Å². The fourth-order valence-electron chi connectivity index (χ4n) is 1.87. The van der Waals surface area contributed by atoms with Gasteiger partial charge in [0.15, 0.2) is 0 Å². The van der Waals surface area contributed by atoms with Crippen LogP contribution in [0.25, 0.3) is 0 Å². The van der Waals surface area contributed by atoms with Crippen molar-refractivity contribution < 1.29 is 29.9 Å².